The summed E-state index contributed by atoms with van der Waals surface area (Å²) in [7, 11) is 0. The number of piperidine rings is 1. The zero-order chi connectivity index (χ0) is 15.4. The normalized spacial score (nSPS) is 18.6. The third kappa shape index (κ3) is 3.43. The summed E-state index contributed by atoms with van der Waals surface area (Å²) in [4.78, 5) is 26.3. The molecule has 1 aliphatic heterocycles. The highest BCUT2D eigenvalue weighted by atomic mass is 16.5. The van der Waals surface area contributed by atoms with E-state index < -0.39 is 6.04 Å². The average molecular weight is 293 g/mol. The van der Waals surface area contributed by atoms with Gasteiger partial charge in [-0.25, -0.2) is 4.79 Å². The SMILES string of the molecule is CCOC(=O)C1CCCCN1C(=O)Cc1c(C)n[nH]c1C. The van der Waals surface area contributed by atoms with Gasteiger partial charge >= 0.3 is 5.97 Å². The Labute approximate surface area is 124 Å². The van der Waals surface area contributed by atoms with Crippen molar-refractivity contribution in [3.63, 3.8) is 0 Å². The fraction of sp³-hybridized carbons (Fsp3) is 0.667. The van der Waals surface area contributed by atoms with Crippen LogP contribution in [0.15, 0.2) is 0 Å². The monoisotopic (exact) mass is 293 g/mol. The predicted molar refractivity (Wildman–Crippen MR) is 77.8 cm³/mol. The van der Waals surface area contributed by atoms with Crippen molar-refractivity contribution in [1.29, 1.82) is 0 Å². The lowest BCUT2D eigenvalue weighted by Gasteiger charge is -2.34. The first-order chi connectivity index (χ1) is 10.0. The van der Waals surface area contributed by atoms with Crippen LogP contribution in [0, 0.1) is 13.8 Å². The minimum Gasteiger partial charge on any atom is -0.464 e. The Balaban J connectivity index is 2.10. The molecule has 2 rings (SSSR count). The highest BCUT2D eigenvalue weighted by Gasteiger charge is 2.33. The fourth-order valence-electron chi connectivity index (χ4n) is 2.80. The second-order valence-electron chi connectivity index (χ2n) is 5.44. The van der Waals surface area contributed by atoms with Crippen molar-refractivity contribution in [2.24, 2.45) is 0 Å². The van der Waals surface area contributed by atoms with Crippen molar-refractivity contribution in [1.82, 2.24) is 15.1 Å². The second kappa shape index (κ2) is 6.74. The van der Waals surface area contributed by atoms with Gasteiger partial charge in [0.25, 0.3) is 0 Å². The number of aromatic nitrogens is 2. The summed E-state index contributed by atoms with van der Waals surface area (Å²) in [6.45, 7) is 6.54. The van der Waals surface area contributed by atoms with E-state index in [2.05, 4.69) is 10.2 Å². The smallest absolute Gasteiger partial charge is 0.328 e. The molecular weight excluding hydrogens is 270 g/mol. The van der Waals surface area contributed by atoms with Crippen molar-refractivity contribution in [2.75, 3.05) is 13.2 Å². The second-order valence-corrected chi connectivity index (χ2v) is 5.44. The van der Waals surface area contributed by atoms with Gasteiger partial charge in [0.2, 0.25) is 5.91 Å². The molecule has 1 atom stereocenters. The van der Waals surface area contributed by atoms with Crippen molar-refractivity contribution in [3.8, 4) is 0 Å². The first kappa shape index (κ1) is 15.5. The molecule has 1 aliphatic rings. The van der Waals surface area contributed by atoms with Crippen LogP contribution in [0.25, 0.3) is 0 Å². The van der Waals surface area contributed by atoms with E-state index in [0.29, 0.717) is 19.6 Å². The number of likely N-dealkylation sites (tertiary alicyclic amines) is 1. The van der Waals surface area contributed by atoms with E-state index in [1.165, 1.54) is 0 Å². The van der Waals surface area contributed by atoms with Crippen molar-refractivity contribution >= 4 is 11.9 Å². The summed E-state index contributed by atoms with van der Waals surface area (Å²) >= 11 is 0. The van der Waals surface area contributed by atoms with Crippen molar-refractivity contribution in [3.05, 3.63) is 17.0 Å². The molecule has 116 valence electrons. The number of H-pyrrole nitrogens is 1. The van der Waals surface area contributed by atoms with E-state index in [0.717, 1.165) is 29.8 Å². The molecule has 6 nitrogen and oxygen atoms in total. The van der Waals surface area contributed by atoms with Gasteiger partial charge in [-0.3, -0.25) is 9.89 Å². The van der Waals surface area contributed by atoms with E-state index in [-0.39, 0.29) is 18.3 Å². The maximum absolute atomic E-state index is 12.6. The Morgan fingerprint density at radius 3 is 2.76 bits per heavy atom. The third-order valence-corrected chi connectivity index (χ3v) is 3.99. The number of hydrogen-bond acceptors (Lipinski definition) is 4. The van der Waals surface area contributed by atoms with Gasteiger partial charge in [0.1, 0.15) is 6.04 Å². The molecule has 1 amide bonds. The van der Waals surface area contributed by atoms with Crippen LogP contribution in [0.5, 0.6) is 0 Å². The predicted octanol–water partition coefficient (Wildman–Crippen LogP) is 1.51. The summed E-state index contributed by atoms with van der Waals surface area (Å²) in [6.07, 6.45) is 2.86. The molecular formula is C15H23N3O3. The van der Waals surface area contributed by atoms with Gasteiger partial charge in [-0.2, -0.15) is 5.10 Å². The first-order valence-electron chi connectivity index (χ1n) is 7.51. The van der Waals surface area contributed by atoms with Crippen LogP contribution in [0.2, 0.25) is 0 Å². The number of aromatic amines is 1. The molecule has 1 aromatic rings. The summed E-state index contributed by atoms with van der Waals surface area (Å²) in [5.74, 6) is -0.313. The molecule has 0 saturated carbocycles. The van der Waals surface area contributed by atoms with E-state index in [9.17, 15) is 9.59 Å². The number of hydrogen-bond donors (Lipinski definition) is 1. The highest BCUT2D eigenvalue weighted by Crippen LogP contribution is 2.20. The lowest BCUT2D eigenvalue weighted by molar-refractivity contribution is -0.156. The Kier molecular flexibility index (Phi) is 4.98. The number of carbonyl (C=O) groups excluding carboxylic acids is 2. The molecule has 6 heteroatoms. The van der Waals surface area contributed by atoms with E-state index >= 15 is 0 Å². The molecule has 0 bridgehead atoms. The van der Waals surface area contributed by atoms with Crippen LogP contribution in [-0.4, -0.2) is 46.2 Å². The van der Waals surface area contributed by atoms with Gasteiger partial charge in [0.05, 0.1) is 18.7 Å². The Hall–Kier alpha value is -1.85. The molecule has 1 N–H and O–H groups in total. The molecule has 0 radical (unpaired) electrons. The fourth-order valence-corrected chi connectivity index (χ4v) is 2.80. The molecule has 1 aromatic heterocycles. The van der Waals surface area contributed by atoms with Gasteiger partial charge < -0.3 is 9.64 Å². The number of carbonyl (C=O) groups is 2. The quantitative estimate of drug-likeness (QED) is 0.854. The molecule has 1 saturated heterocycles. The van der Waals surface area contributed by atoms with Gasteiger partial charge in [-0.15, -0.1) is 0 Å². The van der Waals surface area contributed by atoms with Gasteiger partial charge in [0.15, 0.2) is 0 Å². The van der Waals surface area contributed by atoms with Crippen LogP contribution in [0.3, 0.4) is 0 Å². The molecule has 0 spiro atoms. The standard InChI is InChI=1S/C15H23N3O3/c1-4-21-15(20)13-7-5-6-8-18(13)14(19)9-12-10(2)16-17-11(12)3/h13H,4-9H2,1-3H3,(H,16,17). The van der Waals surface area contributed by atoms with Crippen LogP contribution in [0.1, 0.15) is 43.1 Å². The maximum atomic E-state index is 12.6. The number of ether oxygens (including phenoxy) is 1. The highest BCUT2D eigenvalue weighted by molar-refractivity contribution is 5.86. The lowest BCUT2D eigenvalue weighted by Crippen LogP contribution is -2.49. The summed E-state index contributed by atoms with van der Waals surface area (Å²) < 4.78 is 5.09. The largest absolute Gasteiger partial charge is 0.464 e. The zero-order valence-corrected chi connectivity index (χ0v) is 12.9. The molecule has 1 unspecified atom stereocenters. The molecule has 0 aromatic carbocycles. The minimum absolute atomic E-state index is 0.0275. The van der Waals surface area contributed by atoms with Crippen LogP contribution in [0.4, 0.5) is 0 Å². The lowest BCUT2D eigenvalue weighted by atomic mass is 10.0. The van der Waals surface area contributed by atoms with E-state index in [1.807, 2.05) is 13.8 Å². The number of rotatable bonds is 4. The average Bonchev–Trinajstić information content (AvgIpc) is 2.79. The zero-order valence-electron chi connectivity index (χ0n) is 12.9. The third-order valence-electron chi connectivity index (χ3n) is 3.99. The van der Waals surface area contributed by atoms with Crippen LogP contribution >= 0.6 is 0 Å². The molecule has 0 aliphatic carbocycles. The number of amides is 1. The summed E-state index contributed by atoms with van der Waals surface area (Å²) in [6, 6.07) is -0.432. The maximum Gasteiger partial charge on any atom is 0.328 e. The number of esters is 1. The van der Waals surface area contributed by atoms with E-state index in [4.69, 9.17) is 4.74 Å². The van der Waals surface area contributed by atoms with Gasteiger partial charge in [0, 0.05) is 17.8 Å². The number of aryl methyl sites for hydroxylation is 2. The number of nitrogens with zero attached hydrogens (tertiary/aromatic N) is 2. The van der Waals surface area contributed by atoms with Crippen LogP contribution < -0.4 is 0 Å². The topological polar surface area (TPSA) is 75.3 Å². The van der Waals surface area contributed by atoms with Gasteiger partial charge in [-0.1, -0.05) is 0 Å². The Morgan fingerprint density at radius 2 is 2.14 bits per heavy atom. The minimum atomic E-state index is -0.432. The first-order valence-corrected chi connectivity index (χ1v) is 7.51. The van der Waals surface area contributed by atoms with Gasteiger partial charge in [-0.05, 0) is 40.0 Å². The summed E-state index contributed by atoms with van der Waals surface area (Å²) in [5, 5.41) is 7.00. The Morgan fingerprint density at radius 1 is 1.38 bits per heavy atom. The van der Waals surface area contributed by atoms with Crippen molar-refractivity contribution in [2.45, 2.75) is 52.5 Å². The molecule has 21 heavy (non-hydrogen) atoms. The molecule has 1 fully saturated rings. The van der Waals surface area contributed by atoms with E-state index in [1.54, 1.807) is 11.8 Å². The summed E-state index contributed by atoms with van der Waals surface area (Å²) in [5.41, 5.74) is 2.67. The number of nitrogens with one attached hydrogen (secondary N) is 1. The van der Waals surface area contributed by atoms with Crippen LogP contribution in [-0.2, 0) is 20.7 Å². The molecule has 2 heterocycles. The van der Waals surface area contributed by atoms with Crippen molar-refractivity contribution < 1.29 is 14.3 Å². The Bertz CT molecular complexity index is 505.